The predicted molar refractivity (Wildman–Crippen MR) is 108 cm³/mol. The molecule has 27 heavy (non-hydrogen) atoms. The summed E-state index contributed by atoms with van der Waals surface area (Å²) in [5.74, 6) is 0.427. The van der Waals surface area contributed by atoms with E-state index >= 15 is 0 Å². The highest BCUT2D eigenvalue weighted by atomic mass is 16.2. The number of aromatic nitrogens is 2. The van der Waals surface area contributed by atoms with Crippen molar-refractivity contribution in [2.24, 2.45) is 0 Å². The number of unbranched alkanes of at least 4 members (excludes halogenated alkanes) is 1. The predicted octanol–water partition coefficient (Wildman–Crippen LogP) is 2.48. The number of nitrogens with one attached hydrogen (secondary N) is 1. The first-order chi connectivity index (χ1) is 13.1. The maximum atomic E-state index is 12.6. The fraction of sp³-hybridized carbons (Fsp3) is 0.571. The molecule has 1 aromatic heterocycles. The highest BCUT2D eigenvalue weighted by Crippen LogP contribution is 2.16. The van der Waals surface area contributed by atoms with Crippen LogP contribution in [0.15, 0.2) is 29.1 Å². The smallest absolute Gasteiger partial charge is 0.261 e. The molecule has 146 valence electrons. The lowest BCUT2D eigenvalue weighted by atomic mass is 10.0. The summed E-state index contributed by atoms with van der Waals surface area (Å²) in [5, 5.41) is 3.49. The van der Waals surface area contributed by atoms with Crippen LogP contribution in [-0.4, -0.2) is 46.0 Å². The molecule has 0 radical (unpaired) electrons. The molecule has 1 fully saturated rings. The van der Waals surface area contributed by atoms with E-state index in [1.54, 1.807) is 13.0 Å². The number of aryl methyl sites for hydroxylation is 1. The number of hydrogen-bond acceptors (Lipinski definition) is 4. The molecule has 2 heterocycles. The summed E-state index contributed by atoms with van der Waals surface area (Å²) in [7, 11) is 0. The van der Waals surface area contributed by atoms with Gasteiger partial charge in [-0.2, -0.15) is 0 Å². The first kappa shape index (κ1) is 19.5. The van der Waals surface area contributed by atoms with Gasteiger partial charge in [-0.3, -0.25) is 14.2 Å². The number of piperidine rings is 1. The maximum Gasteiger partial charge on any atom is 0.261 e. The second-order valence-corrected chi connectivity index (χ2v) is 7.51. The van der Waals surface area contributed by atoms with Crippen LogP contribution in [0.3, 0.4) is 0 Å². The molecule has 1 saturated heterocycles. The molecule has 0 bridgehead atoms. The normalized spacial score (nSPS) is 17.9. The molecule has 1 aliphatic rings. The maximum absolute atomic E-state index is 12.6. The van der Waals surface area contributed by atoms with E-state index in [0.29, 0.717) is 29.3 Å². The molecule has 3 rings (SSSR count). The first-order valence-electron chi connectivity index (χ1n) is 10.0. The van der Waals surface area contributed by atoms with Gasteiger partial charge in [0.1, 0.15) is 12.4 Å². The lowest BCUT2D eigenvalue weighted by Gasteiger charge is -2.33. The number of hydrogen-bond donors (Lipinski definition) is 1. The Balaban J connectivity index is 1.47. The fourth-order valence-electron chi connectivity index (χ4n) is 3.82. The molecule has 2 aromatic rings. The van der Waals surface area contributed by atoms with Crippen LogP contribution < -0.4 is 10.9 Å². The summed E-state index contributed by atoms with van der Waals surface area (Å²) in [6, 6.07) is 7.92. The summed E-state index contributed by atoms with van der Waals surface area (Å²) in [4.78, 5) is 31.9. The van der Waals surface area contributed by atoms with Crippen molar-refractivity contribution in [3.63, 3.8) is 0 Å². The van der Waals surface area contributed by atoms with Crippen molar-refractivity contribution >= 4 is 16.8 Å². The first-order valence-corrected chi connectivity index (χ1v) is 10.0. The number of amides is 1. The van der Waals surface area contributed by atoms with Gasteiger partial charge in [-0.1, -0.05) is 18.6 Å². The molecule has 1 aromatic carbocycles. The molecule has 1 N–H and O–H groups in total. The lowest BCUT2D eigenvalue weighted by Crippen LogP contribution is -2.38. The lowest BCUT2D eigenvalue weighted by molar-refractivity contribution is -0.121. The average molecular weight is 370 g/mol. The molecule has 0 spiro atoms. The van der Waals surface area contributed by atoms with E-state index in [-0.39, 0.29) is 18.0 Å². The van der Waals surface area contributed by atoms with Gasteiger partial charge in [0, 0.05) is 12.6 Å². The third-order valence-corrected chi connectivity index (χ3v) is 5.49. The van der Waals surface area contributed by atoms with Gasteiger partial charge < -0.3 is 10.2 Å². The molecule has 1 amide bonds. The topological polar surface area (TPSA) is 67.2 Å². The van der Waals surface area contributed by atoms with E-state index in [9.17, 15) is 9.59 Å². The summed E-state index contributed by atoms with van der Waals surface area (Å²) in [6.07, 6.45) is 5.98. The Morgan fingerprint density at radius 2 is 2.07 bits per heavy atom. The molecule has 1 unspecified atom stereocenters. The van der Waals surface area contributed by atoms with E-state index in [1.165, 1.54) is 30.4 Å². The Morgan fingerprint density at radius 3 is 2.89 bits per heavy atom. The second-order valence-electron chi connectivity index (χ2n) is 7.51. The standard InChI is InChI=1S/C21H30N4O2/c1-16-9-5-7-13-24(16)14-8-6-12-22-20(26)15-25-17(2)23-19-11-4-3-10-18(19)21(25)27/h3-4,10-11,16H,5-9,12-15H2,1-2H3,(H,22,26). The zero-order valence-corrected chi connectivity index (χ0v) is 16.4. The summed E-state index contributed by atoms with van der Waals surface area (Å²) < 4.78 is 1.45. The fourth-order valence-corrected chi connectivity index (χ4v) is 3.82. The number of carbonyl (C=O) groups is 1. The van der Waals surface area contributed by atoms with Crippen molar-refractivity contribution in [3.8, 4) is 0 Å². The van der Waals surface area contributed by atoms with Gasteiger partial charge in [-0.05, 0) is 64.8 Å². The molecule has 0 saturated carbocycles. The van der Waals surface area contributed by atoms with Crippen LogP contribution in [0.5, 0.6) is 0 Å². The van der Waals surface area contributed by atoms with Crippen LogP contribution in [0.1, 0.15) is 44.9 Å². The molecule has 1 atom stereocenters. The van der Waals surface area contributed by atoms with E-state index in [1.807, 2.05) is 18.2 Å². The van der Waals surface area contributed by atoms with E-state index in [4.69, 9.17) is 0 Å². The van der Waals surface area contributed by atoms with Gasteiger partial charge in [0.15, 0.2) is 0 Å². The van der Waals surface area contributed by atoms with Crippen LogP contribution in [0, 0.1) is 6.92 Å². The Kier molecular flexibility index (Phi) is 6.61. The summed E-state index contributed by atoms with van der Waals surface area (Å²) in [5.41, 5.74) is 0.510. The van der Waals surface area contributed by atoms with Gasteiger partial charge in [-0.25, -0.2) is 4.98 Å². The number of carbonyl (C=O) groups excluding carboxylic acids is 1. The Labute approximate surface area is 160 Å². The van der Waals surface area contributed by atoms with Crippen molar-refractivity contribution in [1.29, 1.82) is 0 Å². The molecular formula is C21H30N4O2. The minimum atomic E-state index is -0.160. The van der Waals surface area contributed by atoms with Crippen LogP contribution in [-0.2, 0) is 11.3 Å². The molecule has 6 nitrogen and oxygen atoms in total. The molecular weight excluding hydrogens is 340 g/mol. The average Bonchev–Trinajstić information content (AvgIpc) is 2.66. The second kappa shape index (κ2) is 9.13. The van der Waals surface area contributed by atoms with E-state index in [2.05, 4.69) is 22.1 Å². The Hall–Kier alpha value is -2.21. The van der Waals surface area contributed by atoms with Crippen LogP contribution >= 0.6 is 0 Å². The van der Waals surface area contributed by atoms with Gasteiger partial charge in [0.05, 0.1) is 10.9 Å². The zero-order chi connectivity index (χ0) is 19.2. The minimum absolute atomic E-state index is 0.0195. The highest BCUT2D eigenvalue weighted by molar-refractivity contribution is 5.79. The van der Waals surface area contributed by atoms with Gasteiger partial charge in [0.25, 0.3) is 5.56 Å². The number of fused-ring (bicyclic) bond motifs is 1. The van der Waals surface area contributed by atoms with Crippen LogP contribution in [0.4, 0.5) is 0 Å². The zero-order valence-electron chi connectivity index (χ0n) is 16.4. The molecule has 1 aliphatic heterocycles. The van der Waals surface area contributed by atoms with E-state index < -0.39 is 0 Å². The number of para-hydroxylation sites is 1. The minimum Gasteiger partial charge on any atom is -0.355 e. The quantitative estimate of drug-likeness (QED) is 0.761. The van der Waals surface area contributed by atoms with Crippen molar-refractivity contribution < 1.29 is 4.79 Å². The van der Waals surface area contributed by atoms with Crippen molar-refractivity contribution in [3.05, 3.63) is 40.4 Å². The highest BCUT2D eigenvalue weighted by Gasteiger charge is 2.17. The van der Waals surface area contributed by atoms with Crippen LogP contribution in [0.2, 0.25) is 0 Å². The monoisotopic (exact) mass is 370 g/mol. The van der Waals surface area contributed by atoms with Gasteiger partial charge >= 0.3 is 0 Å². The molecule has 0 aliphatic carbocycles. The van der Waals surface area contributed by atoms with E-state index in [0.717, 1.165) is 19.4 Å². The largest absolute Gasteiger partial charge is 0.355 e. The summed E-state index contributed by atoms with van der Waals surface area (Å²) in [6.45, 7) is 7.04. The van der Waals surface area contributed by atoms with Gasteiger partial charge in [0.2, 0.25) is 5.91 Å². The summed E-state index contributed by atoms with van der Waals surface area (Å²) >= 11 is 0. The van der Waals surface area contributed by atoms with Crippen molar-refractivity contribution in [1.82, 2.24) is 19.8 Å². The number of benzene rings is 1. The number of nitrogens with zero attached hydrogens (tertiary/aromatic N) is 3. The number of rotatable bonds is 7. The third kappa shape index (κ3) is 4.95. The molecule has 6 heteroatoms. The number of likely N-dealkylation sites (tertiary alicyclic amines) is 1. The Morgan fingerprint density at radius 1 is 1.26 bits per heavy atom. The third-order valence-electron chi connectivity index (χ3n) is 5.49. The van der Waals surface area contributed by atoms with Crippen LogP contribution in [0.25, 0.3) is 10.9 Å². The van der Waals surface area contributed by atoms with Crippen molar-refractivity contribution in [2.75, 3.05) is 19.6 Å². The van der Waals surface area contributed by atoms with Gasteiger partial charge in [-0.15, -0.1) is 0 Å². The van der Waals surface area contributed by atoms with Crippen molar-refractivity contribution in [2.45, 2.75) is 58.5 Å². The SMILES string of the molecule is Cc1nc2ccccc2c(=O)n1CC(=O)NCCCCN1CCCCC1C. The Bertz CT molecular complexity index is 846.